The highest BCUT2D eigenvalue weighted by Gasteiger charge is 2.15. The fraction of sp³-hybridized carbons (Fsp3) is 0.643. The quantitative estimate of drug-likeness (QED) is 0.750. The summed E-state index contributed by atoms with van der Waals surface area (Å²) in [5.74, 6) is 1.19. The van der Waals surface area contributed by atoms with Gasteiger partial charge in [0.25, 0.3) is 0 Å². The maximum atomic E-state index is 11.4. The van der Waals surface area contributed by atoms with Crippen LogP contribution in [0.5, 0.6) is 5.88 Å². The van der Waals surface area contributed by atoms with Crippen molar-refractivity contribution in [1.29, 1.82) is 0 Å². The first-order valence-corrected chi connectivity index (χ1v) is 7.06. The van der Waals surface area contributed by atoms with Crippen LogP contribution in [0.15, 0.2) is 12.4 Å². The van der Waals surface area contributed by atoms with Gasteiger partial charge in [-0.25, -0.2) is 14.8 Å². The van der Waals surface area contributed by atoms with Gasteiger partial charge in [0.1, 0.15) is 17.7 Å². The second kappa shape index (κ2) is 8.28. The van der Waals surface area contributed by atoms with Crippen molar-refractivity contribution in [1.82, 2.24) is 15.3 Å². The maximum Gasteiger partial charge on any atom is 0.407 e. The molecule has 0 radical (unpaired) electrons. The van der Waals surface area contributed by atoms with Gasteiger partial charge in [0.05, 0.1) is 6.61 Å². The number of carbonyl (C=O) groups excluding carboxylic acids is 1. The average molecular weight is 296 g/mol. The number of hydrogen-bond acceptors (Lipinski definition) is 6. The van der Waals surface area contributed by atoms with Crippen LogP contribution in [0.3, 0.4) is 0 Å². The van der Waals surface area contributed by atoms with Crippen LogP contribution in [0.4, 0.5) is 10.6 Å². The molecule has 0 saturated heterocycles. The van der Waals surface area contributed by atoms with Crippen molar-refractivity contribution in [2.24, 2.45) is 0 Å². The second-order valence-corrected chi connectivity index (χ2v) is 5.45. The minimum absolute atomic E-state index is 0.432. The van der Waals surface area contributed by atoms with Gasteiger partial charge < -0.3 is 20.1 Å². The fourth-order valence-electron chi connectivity index (χ4n) is 1.39. The third-order valence-electron chi connectivity index (χ3n) is 2.20. The number of rotatable bonds is 7. The Hall–Kier alpha value is -2.05. The molecule has 0 bridgehead atoms. The van der Waals surface area contributed by atoms with Crippen LogP contribution in [0.25, 0.3) is 0 Å². The molecule has 0 aliphatic rings. The highest BCUT2D eigenvalue weighted by atomic mass is 16.6. The van der Waals surface area contributed by atoms with Gasteiger partial charge in [0.2, 0.25) is 5.88 Å². The molecule has 21 heavy (non-hydrogen) atoms. The summed E-state index contributed by atoms with van der Waals surface area (Å²) >= 11 is 0. The third kappa shape index (κ3) is 7.96. The summed E-state index contributed by atoms with van der Waals surface area (Å²) in [6, 6.07) is 1.73. The number of alkyl carbamates (subject to hydrolysis) is 1. The Labute approximate surface area is 125 Å². The molecule has 1 rings (SSSR count). The normalized spacial score (nSPS) is 10.9. The van der Waals surface area contributed by atoms with Crippen molar-refractivity contribution in [3.63, 3.8) is 0 Å². The second-order valence-electron chi connectivity index (χ2n) is 5.45. The van der Waals surface area contributed by atoms with E-state index in [1.165, 1.54) is 6.33 Å². The largest absolute Gasteiger partial charge is 0.478 e. The molecule has 1 amide bonds. The molecule has 0 atom stereocenters. The van der Waals surface area contributed by atoms with E-state index in [4.69, 9.17) is 9.47 Å². The zero-order valence-corrected chi connectivity index (χ0v) is 13.1. The van der Waals surface area contributed by atoms with Gasteiger partial charge in [-0.1, -0.05) is 6.92 Å². The lowest BCUT2D eigenvalue weighted by atomic mass is 10.2. The summed E-state index contributed by atoms with van der Waals surface area (Å²) < 4.78 is 10.5. The van der Waals surface area contributed by atoms with Crippen LogP contribution in [0.2, 0.25) is 0 Å². The minimum atomic E-state index is -0.490. The van der Waals surface area contributed by atoms with Crippen LogP contribution < -0.4 is 15.4 Å². The third-order valence-corrected chi connectivity index (χ3v) is 2.20. The number of ether oxygens (including phenoxy) is 2. The van der Waals surface area contributed by atoms with Gasteiger partial charge in [-0.15, -0.1) is 0 Å². The highest BCUT2D eigenvalue weighted by Crippen LogP contribution is 2.10. The monoisotopic (exact) mass is 296 g/mol. The lowest BCUT2D eigenvalue weighted by Crippen LogP contribution is -2.35. The molecule has 118 valence electrons. The average Bonchev–Trinajstić information content (AvgIpc) is 2.40. The standard InChI is InChI=1S/C14H24N4O3/c1-5-8-20-12-9-11(17-10-18-12)15-6-7-16-13(19)21-14(2,3)4/h9-10H,5-8H2,1-4H3,(H,16,19)(H,15,17,18). The Morgan fingerprint density at radius 3 is 2.71 bits per heavy atom. The van der Waals surface area contributed by atoms with Crippen molar-refractivity contribution in [3.05, 3.63) is 12.4 Å². The Bertz CT molecular complexity index is 446. The van der Waals surface area contributed by atoms with Crippen molar-refractivity contribution in [3.8, 4) is 5.88 Å². The SMILES string of the molecule is CCCOc1cc(NCCNC(=O)OC(C)(C)C)ncn1. The number of anilines is 1. The first-order valence-electron chi connectivity index (χ1n) is 7.06. The summed E-state index contributed by atoms with van der Waals surface area (Å²) in [5.41, 5.74) is -0.490. The van der Waals surface area contributed by atoms with Crippen LogP contribution in [0.1, 0.15) is 34.1 Å². The molecule has 0 aliphatic carbocycles. The lowest BCUT2D eigenvalue weighted by molar-refractivity contribution is 0.0530. The van der Waals surface area contributed by atoms with Gasteiger partial charge in [0.15, 0.2) is 0 Å². The smallest absolute Gasteiger partial charge is 0.407 e. The Morgan fingerprint density at radius 1 is 1.29 bits per heavy atom. The minimum Gasteiger partial charge on any atom is -0.478 e. The lowest BCUT2D eigenvalue weighted by Gasteiger charge is -2.19. The summed E-state index contributed by atoms with van der Waals surface area (Å²) in [6.07, 6.45) is 1.93. The highest BCUT2D eigenvalue weighted by molar-refractivity contribution is 5.67. The molecule has 0 fully saturated rings. The Kier molecular flexibility index (Phi) is 6.71. The van der Waals surface area contributed by atoms with Gasteiger partial charge in [-0.05, 0) is 27.2 Å². The van der Waals surface area contributed by atoms with E-state index >= 15 is 0 Å². The van der Waals surface area contributed by atoms with Gasteiger partial charge in [-0.2, -0.15) is 0 Å². The molecule has 1 aromatic heterocycles. The zero-order valence-electron chi connectivity index (χ0n) is 13.1. The summed E-state index contributed by atoms with van der Waals surface area (Å²) in [5, 5.41) is 5.74. The summed E-state index contributed by atoms with van der Waals surface area (Å²) in [7, 11) is 0. The van der Waals surface area contributed by atoms with Crippen molar-refractivity contribution in [2.75, 3.05) is 25.0 Å². The van der Waals surface area contributed by atoms with E-state index < -0.39 is 11.7 Å². The molecule has 0 spiro atoms. The zero-order chi connectivity index (χ0) is 15.7. The first kappa shape index (κ1) is 17.0. The molecule has 0 saturated carbocycles. The summed E-state index contributed by atoms with van der Waals surface area (Å²) in [6.45, 7) is 9.09. The number of aromatic nitrogens is 2. The van der Waals surface area contributed by atoms with E-state index in [9.17, 15) is 4.79 Å². The molecule has 1 heterocycles. The van der Waals surface area contributed by atoms with Gasteiger partial charge in [-0.3, -0.25) is 0 Å². The van der Waals surface area contributed by atoms with E-state index in [2.05, 4.69) is 20.6 Å². The van der Waals surface area contributed by atoms with Crippen LogP contribution in [0, 0.1) is 0 Å². The van der Waals surface area contributed by atoms with Crippen LogP contribution in [-0.4, -0.2) is 41.4 Å². The maximum absolute atomic E-state index is 11.4. The predicted octanol–water partition coefficient (Wildman–Crippen LogP) is 2.20. The van der Waals surface area contributed by atoms with Crippen molar-refractivity contribution < 1.29 is 14.3 Å². The molecular formula is C14H24N4O3. The fourth-order valence-corrected chi connectivity index (χ4v) is 1.39. The van der Waals surface area contributed by atoms with E-state index in [1.54, 1.807) is 6.07 Å². The van der Waals surface area contributed by atoms with E-state index in [0.717, 1.165) is 6.42 Å². The Morgan fingerprint density at radius 2 is 2.05 bits per heavy atom. The van der Waals surface area contributed by atoms with Crippen molar-refractivity contribution in [2.45, 2.75) is 39.7 Å². The number of amides is 1. The molecule has 2 N–H and O–H groups in total. The first-order chi connectivity index (χ1) is 9.90. The van der Waals surface area contributed by atoms with E-state index in [-0.39, 0.29) is 0 Å². The number of nitrogens with one attached hydrogen (secondary N) is 2. The van der Waals surface area contributed by atoms with Crippen molar-refractivity contribution >= 4 is 11.9 Å². The van der Waals surface area contributed by atoms with Crippen LogP contribution >= 0.6 is 0 Å². The molecule has 1 aromatic rings. The molecule has 0 aromatic carbocycles. The molecule has 0 unspecified atom stereocenters. The van der Waals surface area contributed by atoms with Crippen LogP contribution in [-0.2, 0) is 4.74 Å². The molecular weight excluding hydrogens is 272 g/mol. The molecule has 0 aliphatic heterocycles. The topological polar surface area (TPSA) is 85.4 Å². The van der Waals surface area contributed by atoms with E-state index in [1.807, 2.05) is 27.7 Å². The van der Waals surface area contributed by atoms with Gasteiger partial charge in [0, 0.05) is 19.2 Å². The number of carbonyl (C=O) groups is 1. The number of nitrogens with zero attached hydrogens (tertiary/aromatic N) is 2. The Balaban J connectivity index is 2.28. The summed E-state index contributed by atoms with van der Waals surface area (Å²) in [4.78, 5) is 19.5. The predicted molar refractivity (Wildman–Crippen MR) is 80.5 cm³/mol. The van der Waals surface area contributed by atoms with E-state index in [0.29, 0.717) is 31.4 Å². The number of hydrogen-bond donors (Lipinski definition) is 2. The van der Waals surface area contributed by atoms with Gasteiger partial charge >= 0.3 is 6.09 Å². The molecule has 7 nitrogen and oxygen atoms in total. The molecule has 7 heteroatoms.